The maximum atomic E-state index is 13.4. The Morgan fingerprint density at radius 2 is 1.64 bits per heavy atom. The molecular formula is C27H36Cl2N2O2. The topological polar surface area (TPSA) is 49.4 Å². The molecule has 0 aliphatic carbocycles. The van der Waals surface area contributed by atoms with Crippen LogP contribution in [0.5, 0.6) is 0 Å². The number of carbonyl (C=O) groups is 2. The van der Waals surface area contributed by atoms with E-state index in [2.05, 4.69) is 43.4 Å². The minimum absolute atomic E-state index is 0.0436. The Morgan fingerprint density at radius 1 is 0.970 bits per heavy atom. The summed E-state index contributed by atoms with van der Waals surface area (Å²) in [7, 11) is 0. The molecule has 2 aromatic rings. The number of halogens is 2. The number of carbonyl (C=O) groups excluding carboxylic acids is 2. The van der Waals surface area contributed by atoms with E-state index in [-0.39, 0.29) is 24.4 Å². The zero-order valence-electron chi connectivity index (χ0n) is 20.3. The van der Waals surface area contributed by atoms with Crippen LogP contribution < -0.4 is 5.32 Å². The van der Waals surface area contributed by atoms with Gasteiger partial charge in [-0.1, -0.05) is 81.2 Å². The molecule has 2 rings (SSSR count). The number of rotatable bonds is 11. The van der Waals surface area contributed by atoms with Gasteiger partial charge in [-0.15, -0.1) is 0 Å². The van der Waals surface area contributed by atoms with Crippen LogP contribution in [-0.4, -0.2) is 28.8 Å². The Morgan fingerprint density at radius 3 is 2.18 bits per heavy atom. The highest BCUT2D eigenvalue weighted by Gasteiger charge is 2.29. The summed E-state index contributed by atoms with van der Waals surface area (Å²) >= 11 is 12.5. The molecule has 0 aliphatic heterocycles. The molecule has 0 fully saturated rings. The Hall–Kier alpha value is -2.04. The molecular weight excluding hydrogens is 455 g/mol. The third-order valence-corrected chi connectivity index (χ3v) is 6.60. The molecule has 2 amide bonds. The highest BCUT2D eigenvalue weighted by atomic mass is 35.5. The van der Waals surface area contributed by atoms with Crippen LogP contribution in [0.25, 0.3) is 0 Å². The van der Waals surface area contributed by atoms with Crippen LogP contribution >= 0.6 is 23.2 Å². The summed E-state index contributed by atoms with van der Waals surface area (Å²) in [6.07, 6.45) is 2.28. The van der Waals surface area contributed by atoms with Crippen LogP contribution in [0.1, 0.15) is 76.5 Å². The van der Waals surface area contributed by atoms with Crippen molar-refractivity contribution in [2.75, 3.05) is 0 Å². The van der Waals surface area contributed by atoms with E-state index in [1.165, 1.54) is 5.56 Å². The van der Waals surface area contributed by atoms with Crippen molar-refractivity contribution in [1.82, 2.24) is 10.2 Å². The van der Waals surface area contributed by atoms with Crippen LogP contribution in [0, 0.1) is 0 Å². The van der Waals surface area contributed by atoms with Crippen LogP contribution in [0.4, 0.5) is 0 Å². The molecule has 2 aromatic carbocycles. The summed E-state index contributed by atoms with van der Waals surface area (Å²) in [5, 5.41) is 4.05. The van der Waals surface area contributed by atoms with E-state index in [1.807, 2.05) is 26.8 Å². The Bertz CT molecular complexity index is 928. The van der Waals surface area contributed by atoms with Crippen molar-refractivity contribution < 1.29 is 9.59 Å². The predicted octanol–water partition coefficient (Wildman–Crippen LogP) is 6.77. The average molecular weight is 492 g/mol. The second-order valence-corrected chi connectivity index (χ2v) is 9.74. The van der Waals surface area contributed by atoms with Gasteiger partial charge < -0.3 is 10.2 Å². The first-order valence-electron chi connectivity index (χ1n) is 11.8. The molecule has 4 nitrogen and oxygen atoms in total. The van der Waals surface area contributed by atoms with E-state index in [9.17, 15) is 9.59 Å². The molecule has 0 saturated carbocycles. The van der Waals surface area contributed by atoms with E-state index in [0.29, 0.717) is 35.2 Å². The van der Waals surface area contributed by atoms with Crippen LogP contribution in [0.3, 0.4) is 0 Å². The summed E-state index contributed by atoms with van der Waals surface area (Å²) in [6, 6.07) is 13.1. The lowest BCUT2D eigenvalue weighted by Crippen LogP contribution is -2.50. The van der Waals surface area contributed by atoms with Gasteiger partial charge in [-0.3, -0.25) is 9.59 Å². The first-order valence-corrected chi connectivity index (χ1v) is 12.5. The summed E-state index contributed by atoms with van der Waals surface area (Å²) in [4.78, 5) is 28.1. The van der Waals surface area contributed by atoms with Crippen molar-refractivity contribution in [1.29, 1.82) is 0 Å². The molecule has 6 heteroatoms. The van der Waals surface area contributed by atoms with Crippen LogP contribution in [0.2, 0.25) is 10.0 Å². The third-order valence-electron chi connectivity index (χ3n) is 6.02. The molecule has 0 radical (unpaired) electrons. The number of aryl methyl sites for hydroxylation is 1. The molecule has 0 aliphatic rings. The van der Waals surface area contributed by atoms with Crippen molar-refractivity contribution in [2.45, 2.75) is 84.8 Å². The van der Waals surface area contributed by atoms with Crippen LogP contribution in [0.15, 0.2) is 42.5 Å². The molecule has 0 unspecified atom stereocenters. The first kappa shape index (κ1) is 27.2. The number of hydrogen-bond donors (Lipinski definition) is 1. The minimum Gasteiger partial charge on any atom is -0.352 e. The van der Waals surface area contributed by atoms with Gasteiger partial charge in [-0.25, -0.2) is 0 Å². The highest BCUT2D eigenvalue weighted by Crippen LogP contribution is 2.24. The quantitative estimate of drug-likeness (QED) is 0.377. The summed E-state index contributed by atoms with van der Waals surface area (Å²) in [5.74, 6) is 0.265. The first-order chi connectivity index (χ1) is 15.7. The second-order valence-electron chi connectivity index (χ2n) is 8.90. The Labute approximate surface area is 208 Å². The average Bonchev–Trinajstić information content (AvgIpc) is 2.78. The monoisotopic (exact) mass is 490 g/mol. The molecule has 33 heavy (non-hydrogen) atoms. The molecule has 2 atom stereocenters. The highest BCUT2D eigenvalue weighted by molar-refractivity contribution is 6.35. The fourth-order valence-corrected chi connectivity index (χ4v) is 4.13. The number of nitrogens with zero attached hydrogens (tertiary/aromatic N) is 1. The van der Waals surface area contributed by atoms with Crippen LogP contribution in [-0.2, 0) is 22.6 Å². The van der Waals surface area contributed by atoms with Crippen molar-refractivity contribution in [3.8, 4) is 0 Å². The maximum Gasteiger partial charge on any atom is 0.243 e. The SMILES string of the molecule is CC[C@H](C)NC(=O)[C@H](CC)N(Cc1ccc(Cl)cc1Cl)C(=O)CCc1ccc(C(C)C)cc1. The van der Waals surface area contributed by atoms with Crippen molar-refractivity contribution in [2.24, 2.45) is 0 Å². The van der Waals surface area contributed by atoms with Gasteiger partial charge in [0.25, 0.3) is 0 Å². The smallest absolute Gasteiger partial charge is 0.243 e. The second kappa shape index (κ2) is 13.0. The molecule has 180 valence electrons. The minimum atomic E-state index is -0.568. The fraction of sp³-hybridized carbons (Fsp3) is 0.481. The van der Waals surface area contributed by atoms with Gasteiger partial charge in [0.1, 0.15) is 6.04 Å². The van der Waals surface area contributed by atoms with Gasteiger partial charge in [0.05, 0.1) is 0 Å². The van der Waals surface area contributed by atoms with Gasteiger partial charge >= 0.3 is 0 Å². The van der Waals surface area contributed by atoms with Crippen molar-refractivity contribution in [3.63, 3.8) is 0 Å². The molecule has 0 heterocycles. The van der Waals surface area contributed by atoms with Crippen molar-refractivity contribution in [3.05, 3.63) is 69.2 Å². The van der Waals surface area contributed by atoms with Gasteiger partial charge in [-0.05, 0) is 60.9 Å². The summed E-state index contributed by atoms with van der Waals surface area (Å²) in [5.41, 5.74) is 3.15. The zero-order chi connectivity index (χ0) is 24.5. The molecule has 0 saturated heterocycles. The van der Waals surface area contributed by atoms with Crippen molar-refractivity contribution >= 4 is 35.0 Å². The fourth-order valence-electron chi connectivity index (χ4n) is 3.66. The third kappa shape index (κ3) is 8.04. The van der Waals surface area contributed by atoms with E-state index >= 15 is 0 Å². The number of amides is 2. The van der Waals surface area contributed by atoms with E-state index in [4.69, 9.17) is 23.2 Å². The zero-order valence-corrected chi connectivity index (χ0v) is 21.8. The summed E-state index contributed by atoms with van der Waals surface area (Å²) in [6.45, 7) is 10.5. The van der Waals surface area contributed by atoms with Gasteiger partial charge in [0.2, 0.25) is 11.8 Å². The van der Waals surface area contributed by atoms with E-state index in [0.717, 1.165) is 17.5 Å². The Balaban J connectivity index is 2.23. The predicted molar refractivity (Wildman–Crippen MR) is 138 cm³/mol. The van der Waals surface area contributed by atoms with E-state index in [1.54, 1.807) is 17.0 Å². The normalized spacial score (nSPS) is 13.0. The number of benzene rings is 2. The van der Waals surface area contributed by atoms with Gasteiger partial charge in [0, 0.05) is 29.1 Å². The lowest BCUT2D eigenvalue weighted by molar-refractivity contribution is -0.141. The van der Waals surface area contributed by atoms with Gasteiger partial charge in [-0.2, -0.15) is 0 Å². The largest absolute Gasteiger partial charge is 0.352 e. The van der Waals surface area contributed by atoms with E-state index < -0.39 is 6.04 Å². The lowest BCUT2D eigenvalue weighted by atomic mass is 10.00. The standard InChI is InChI=1S/C27H36Cl2N2O2/c1-6-19(5)30-27(33)25(7-2)31(17-22-13-14-23(28)16-24(22)29)26(32)15-10-20-8-11-21(12-9-20)18(3)4/h8-9,11-14,16,18-19,25H,6-7,10,15,17H2,1-5H3,(H,30,33)/t19-,25-/m0/s1. The lowest BCUT2D eigenvalue weighted by Gasteiger charge is -2.32. The summed E-state index contributed by atoms with van der Waals surface area (Å²) < 4.78 is 0. The molecule has 0 spiro atoms. The molecule has 0 aromatic heterocycles. The number of hydrogen-bond acceptors (Lipinski definition) is 2. The Kier molecular flexibility index (Phi) is 10.7. The number of nitrogens with one attached hydrogen (secondary N) is 1. The molecule has 1 N–H and O–H groups in total. The van der Waals surface area contributed by atoms with Gasteiger partial charge in [0.15, 0.2) is 0 Å². The molecule has 0 bridgehead atoms. The maximum absolute atomic E-state index is 13.4.